The summed E-state index contributed by atoms with van der Waals surface area (Å²) in [7, 11) is 1.05. The topological polar surface area (TPSA) is 60.9 Å². The molecule has 26 heavy (non-hydrogen) atoms. The van der Waals surface area contributed by atoms with Gasteiger partial charge in [0.1, 0.15) is 22.5 Å². The van der Waals surface area contributed by atoms with E-state index in [0.717, 1.165) is 19.2 Å². The quantitative estimate of drug-likeness (QED) is 0.481. The molecule has 0 saturated heterocycles. The number of hydrogen-bond donors (Lipinski definition) is 0. The molecule has 0 aliphatic carbocycles. The Morgan fingerprint density at radius 2 is 1.96 bits per heavy atom. The summed E-state index contributed by atoms with van der Waals surface area (Å²) >= 11 is 0. The van der Waals surface area contributed by atoms with Gasteiger partial charge in [-0.3, -0.25) is 9.78 Å². The zero-order valence-corrected chi connectivity index (χ0v) is 13.1. The second-order valence-electron chi connectivity index (χ2n) is 5.61. The minimum atomic E-state index is -4.79. The van der Waals surface area contributed by atoms with Gasteiger partial charge < -0.3 is 8.98 Å². The minimum Gasteiger partial charge on any atom is -0.452 e. The number of aromatic nitrogens is 3. The van der Waals surface area contributed by atoms with Gasteiger partial charge >= 0.3 is 6.18 Å². The van der Waals surface area contributed by atoms with Crippen LogP contribution in [0.1, 0.15) is 5.82 Å². The lowest BCUT2D eigenvalue weighted by Crippen LogP contribution is -2.12. The van der Waals surface area contributed by atoms with Crippen molar-refractivity contribution < 1.29 is 22.0 Å². The normalized spacial score (nSPS) is 12.2. The molecule has 4 aromatic rings. The van der Waals surface area contributed by atoms with E-state index in [-0.39, 0.29) is 22.2 Å². The highest BCUT2D eigenvalue weighted by atomic mass is 19.4. The second-order valence-corrected chi connectivity index (χ2v) is 5.61. The molecule has 0 aliphatic rings. The van der Waals surface area contributed by atoms with Crippen molar-refractivity contribution >= 4 is 22.0 Å². The van der Waals surface area contributed by atoms with Crippen molar-refractivity contribution in [1.29, 1.82) is 0 Å². The fraction of sp³-hybridized carbons (Fsp3) is 0.118. The Morgan fingerprint density at radius 3 is 2.62 bits per heavy atom. The van der Waals surface area contributed by atoms with Gasteiger partial charge in [0.15, 0.2) is 16.8 Å². The Hall–Kier alpha value is -3.23. The standard InChI is InChI=1S/C17H9F4N3O2/c1-24-14-9(18)6-8-11(25)7-12(10-4-2-3-5-22-10)26-15(8)13(14)23-16(24)17(19,20)21/h2-7H,1H3. The molecule has 0 aliphatic heterocycles. The molecule has 0 unspecified atom stereocenters. The number of alkyl halides is 3. The first-order chi connectivity index (χ1) is 12.3. The van der Waals surface area contributed by atoms with Crippen molar-refractivity contribution in [2.45, 2.75) is 6.18 Å². The predicted octanol–water partition coefficient (Wildman–Crippen LogP) is 3.90. The number of imidazole rings is 1. The molecule has 0 radical (unpaired) electrons. The molecule has 3 aromatic heterocycles. The minimum absolute atomic E-state index is 0.0511. The Bertz CT molecular complexity index is 1210. The Kier molecular flexibility index (Phi) is 3.36. The van der Waals surface area contributed by atoms with Crippen molar-refractivity contribution in [2.24, 2.45) is 7.05 Å². The van der Waals surface area contributed by atoms with Gasteiger partial charge in [-0.05, 0) is 18.2 Å². The molecule has 0 atom stereocenters. The average molecular weight is 363 g/mol. The Labute approximate surface area is 142 Å². The van der Waals surface area contributed by atoms with Gasteiger partial charge in [0.2, 0.25) is 5.82 Å². The molecule has 0 N–H and O–H groups in total. The summed E-state index contributed by atoms with van der Waals surface area (Å²) in [6, 6.07) is 6.86. The first-order valence-electron chi connectivity index (χ1n) is 7.39. The molecule has 1 aromatic carbocycles. The lowest BCUT2D eigenvalue weighted by atomic mass is 10.1. The molecule has 0 amide bonds. The van der Waals surface area contributed by atoms with Crippen LogP contribution in [0.4, 0.5) is 17.6 Å². The van der Waals surface area contributed by atoms with E-state index in [1.165, 1.54) is 6.20 Å². The second kappa shape index (κ2) is 5.38. The number of benzene rings is 1. The van der Waals surface area contributed by atoms with Crippen molar-refractivity contribution in [1.82, 2.24) is 14.5 Å². The smallest absolute Gasteiger partial charge is 0.449 e. The van der Waals surface area contributed by atoms with E-state index in [4.69, 9.17) is 4.42 Å². The highest BCUT2D eigenvalue weighted by Gasteiger charge is 2.38. The molecule has 0 fully saturated rings. The fourth-order valence-corrected chi connectivity index (χ4v) is 2.83. The number of rotatable bonds is 1. The van der Waals surface area contributed by atoms with E-state index in [1.807, 2.05) is 0 Å². The number of hydrogen-bond acceptors (Lipinski definition) is 4. The summed E-state index contributed by atoms with van der Waals surface area (Å²) in [5, 5.41) is -0.193. The summed E-state index contributed by atoms with van der Waals surface area (Å²) in [5.74, 6) is -2.23. The number of nitrogens with zero attached hydrogens (tertiary/aromatic N) is 3. The first-order valence-corrected chi connectivity index (χ1v) is 7.39. The highest BCUT2D eigenvalue weighted by molar-refractivity contribution is 6.01. The van der Waals surface area contributed by atoms with E-state index in [9.17, 15) is 22.4 Å². The molecule has 132 valence electrons. The molecule has 0 saturated carbocycles. The van der Waals surface area contributed by atoms with Gasteiger partial charge in [0, 0.05) is 19.3 Å². The summed E-state index contributed by atoms with van der Waals surface area (Å²) in [6.07, 6.45) is -3.31. The summed E-state index contributed by atoms with van der Waals surface area (Å²) in [4.78, 5) is 19.9. The van der Waals surface area contributed by atoms with Gasteiger partial charge in [-0.25, -0.2) is 9.37 Å². The van der Waals surface area contributed by atoms with Gasteiger partial charge in [-0.2, -0.15) is 13.2 Å². The zero-order chi connectivity index (χ0) is 18.6. The molecule has 9 heteroatoms. The summed E-state index contributed by atoms with van der Waals surface area (Å²) in [6.45, 7) is 0. The van der Waals surface area contributed by atoms with E-state index in [1.54, 1.807) is 18.2 Å². The third-order valence-corrected chi connectivity index (χ3v) is 3.96. The fourth-order valence-electron chi connectivity index (χ4n) is 2.83. The maximum atomic E-state index is 14.4. The monoisotopic (exact) mass is 363 g/mol. The maximum absolute atomic E-state index is 14.4. The van der Waals surface area contributed by atoms with E-state index >= 15 is 0 Å². The number of fused-ring (bicyclic) bond motifs is 3. The van der Waals surface area contributed by atoms with Crippen LogP contribution < -0.4 is 5.43 Å². The molecule has 4 rings (SSSR count). The van der Waals surface area contributed by atoms with Gasteiger partial charge in [-0.1, -0.05) is 6.07 Å². The Morgan fingerprint density at radius 1 is 1.19 bits per heavy atom. The van der Waals surface area contributed by atoms with Gasteiger partial charge in [0.25, 0.3) is 0 Å². The molecule has 5 nitrogen and oxygen atoms in total. The molecular weight excluding hydrogens is 354 g/mol. The molecule has 0 spiro atoms. The first kappa shape index (κ1) is 16.2. The van der Waals surface area contributed by atoms with Crippen LogP contribution in [0, 0.1) is 5.82 Å². The van der Waals surface area contributed by atoms with Crippen LogP contribution in [0.5, 0.6) is 0 Å². The average Bonchev–Trinajstić information content (AvgIpc) is 2.95. The summed E-state index contributed by atoms with van der Waals surface area (Å²) < 4.78 is 60.0. The van der Waals surface area contributed by atoms with E-state index in [0.29, 0.717) is 10.3 Å². The highest BCUT2D eigenvalue weighted by Crippen LogP contribution is 2.35. The number of aryl methyl sites for hydroxylation is 1. The number of halogens is 4. The summed E-state index contributed by atoms with van der Waals surface area (Å²) in [5.41, 5.74) is -1.28. The predicted molar refractivity (Wildman–Crippen MR) is 84.9 cm³/mol. The van der Waals surface area contributed by atoms with Crippen LogP contribution in [0.15, 0.2) is 45.7 Å². The van der Waals surface area contributed by atoms with Crippen LogP contribution in [0.25, 0.3) is 33.5 Å². The SMILES string of the molecule is Cn1c(C(F)(F)F)nc2c3oc(-c4ccccn4)cc(=O)c3cc(F)c21. The largest absolute Gasteiger partial charge is 0.452 e. The van der Waals surface area contributed by atoms with Gasteiger partial charge in [0.05, 0.1) is 5.39 Å². The van der Waals surface area contributed by atoms with Crippen molar-refractivity contribution in [3.05, 3.63) is 58.4 Å². The molecule has 0 bridgehead atoms. The van der Waals surface area contributed by atoms with E-state index < -0.39 is 28.8 Å². The number of pyridine rings is 1. The third kappa shape index (κ3) is 2.35. The lowest BCUT2D eigenvalue weighted by Gasteiger charge is -2.06. The van der Waals surface area contributed by atoms with Crippen molar-refractivity contribution in [2.75, 3.05) is 0 Å². The van der Waals surface area contributed by atoms with Crippen LogP contribution in [-0.4, -0.2) is 14.5 Å². The Balaban J connectivity index is 2.14. The molecular formula is C17H9F4N3O2. The van der Waals surface area contributed by atoms with Crippen molar-refractivity contribution in [3.8, 4) is 11.5 Å². The lowest BCUT2D eigenvalue weighted by molar-refractivity contribution is -0.146. The van der Waals surface area contributed by atoms with Crippen LogP contribution >= 0.6 is 0 Å². The third-order valence-electron chi connectivity index (χ3n) is 3.96. The van der Waals surface area contributed by atoms with Crippen LogP contribution in [0.2, 0.25) is 0 Å². The van der Waals surface area contributed by atoms with Crippen LogP contribution in [0.3, 0.4) is 0 Å². The molecule has 3 heterocycles. The van der Waals surface area contributed by atoms with Crippen molar-refractivity contribution in [3.63, 3.8) is 0 Å². The van der Waals surface area contributed by atoms with E-state index in [2.05, 4.69) is 9.97 Å². The van der Waals surface area contributed by atoms with Crippen LogP contribution in [-0.2, 0) is 13.2 Å². The maximum Gasteiger partial charge on any atom is 0.449 e. The van der Waals surface area contributed by atoms with Gasteiger partial charge in [-0.15, -0.1) is 0 Å². The zero-order valence-electron chi connectivity index (χ0n) is 13.1.